The van der Waals surface area contributed by atoms with Crippen LogP contribution < -0.4 is 5.32 Å². The molecule has 0 radical (unpaired) electrons. The number of hydrogen-bond acceptors (Lipinski definition) is 21. The molecule has 0 bridgehead atoms. The summed E-state index contributed by atoms with van der Waals surface area (Å²) in [6, 6.07) is -1.22. The lowest BCUT2D eigenvalue weighted by Crippen LogP contribution is -2.69. The first kappa shape index (κ1) is 59.5. The standard InChI is InChI=1S/C54H87NO22/c1-23(57)55-34-39(64)38(63)29(22-72-47-43(36(61)27(59)21-71-47)77-45-41(66)35(60)26(58)20-70-45)74-44(34)75-32-12-13-51(6)30(50(32,4)5)11-14-52(7)31(51)10-9-24-25-17-49(2,3)15-16-54(25,48(68)69)33(18-53(24,52)8)76-46-42(67)40(65)37(62)28(19-56)73-46/h9,25-47,56,58-67H,10-22H2,1-8H3,(H,55,57)(H,68,69). The van der Waals surface area contributed by atoms with Gasteiger partial charge in [-0.05, 0) is 103 Å². The van der Waals surface area contributed by atoms with Crippen molar-refractivity contribution in [3.63, 3.8) is 0 Å². The molecule has 9 aliphatic rings. The lowest BCUT2D eigenvalue weighted by atomic mass is 9.33. The fraction of sp³-hybridized carbons (Fsp3) is 0.926. The Bertz CT molecular complexity index is 2170. The van der Waals surface area contributed by atoms with Crippen LogP contribution >= 0.6 is 0 Å². The number of carbonyl (C=O) groups is 2. The van der Waals surface area contributed by atoms with E-state index >= 15 is 0 Å². The summed E-state index contributed by atoms with van der Waals surface area (Å²) in [5, 5.41) is 132. The highest BCUT2D eigenvalue weighted by molar-refractivity contribution is 5.78. The highest BCUT2D eigenvalue weighted by atomic mass is 16.8. The predicted molar refractivity (Wildman–Crippen MR) is 264 cm³/mol. The van der Waals surface area contributed by atoms with E-state index < -0.39 is 189 Å². The molecule has 440 valence electrons. The largest absolute Gasteiger partial charge is 0.481 e. The molecule has 4 saturated heterocycles. The van der Waals surface area contributed by atoms with Gasteiger partial charge >= 0.3 is 5.97 Å². The van der Waals surface area contributed by atoms with Crippen molar-refractivity contribution in [2.24, 2.45) is 50.2 Å². The third kappa shape index (κ3) is 9.96. The Morgan fingerprint density at radius 3 is 1.94 bits per heavy atom. The van der Waals surface area contributed by atoms with E-state index in [-0.39, 0.29) is 29.1 Å². The first-order chi connectivity index (χ1) is 36.0. The van der Waals surface area contributed by atoms with Crippen molar-refractivity contribution in [3.8, 4) is 0 Å². The Labute approximate surface area is 449 Å². The number of rotatable bonds is 12. The highest BCUT2D eigenvalue weighted by Gasteiger charge is 2.72. The molecule has 4 heterocycles. The molecule has 0 spiro atoms. The predicted octanol–water partition coefficient (Wildman–Crippen LogP) is -1.08. The summed E-state index contributed by atoms with van der Waals surface area (Å²) in [4.78, 5) is 26.7. The van der Waals surface area contributed by atoms with Gasteiger partial charge in [0.25, 0.3) is 0 Å². The maximum atomic E-state index is 14.0. The quantitative estimate of drug-likeness (QED) is 0.0817. The molecular weight excluding hydrogens is 1010 g/mol. The smallest absolute Gasteiger partial charge is 0.312 e. The second-order valence-corrected chi connectivity index (χ2v) is 26.3. The molecule has 27 atom stereocenters. The van der Waals surface area contributed by atoms with Crippen molar-refractivity contribution < 1.29 is 109 Å². The number of aliphatic hydroxyl groups is 11. The number of aliphatic carboxylic acids is 1. The number of carboxylic acid groups (broad SMARTS) is 1. The Morgan fingerprint density at radius 1 is 0.649 bits per heavy atom. The lowest BCUT2D eigenvalue weighted by Gasteiger charge is -2.72. The monoisotopic (exact) mass is 1100 g/mol. The molecule has 23 heteroatoms. The average Bonchev–Trinajstić information content (AvgIpc) is 3.36. The minimum absolute atomic E-state index is 0.0532. The van der Waals surface area contributed by atoms with Gasteiger partial charge in [-0.25, -0.2) is 0 Å². The van der Waals surface area contributed by atoms with Crippen molar-refractivity contribution in [1.29, 1.82) is 0 Å². The fourth-order valence-electron chi connectivity index (χ4n) is 16.5. The molecule has 1 amide bonds. The summed E-state index contributed by atoms with van der Waals surface area (Å²) in [7, 11) is 0. The maximum absolute atomic E-state index is 14.0. The van der Waals surface area contributed by atoms with E-state index in [1.54, 1.807) is 0 Å². The molecular formula is C54H87NO22. The number of allylic oxidation sites excluding steroid dienone is 2. The van der Waals surface area contributed by atoms with Gasteiger partial charge in [0, 0.05) is 6.92 Å². The van der Waals surface area contributed by atoms with E-state index in [0.29, 0.717) is 38.5 Å². The van der Waals surface area contributed by atoms with E-state index in [1.807, 2.05) is 0 Å². The molecule has 9 rings (SSSR count). The number of amides is 1. The van der Waals surface area contributed by atoms with E-state index in [4.69, 9.17) is 37.9 Å². The molecule has 0 aromatic carbocycles. The zero-order chi connectivity index (χ0) is 56.3. The van der Waals surface area contributed by atoms with Gasteiger partial charge in [0.2, 0.25) is 5.91 Å². The Balaban J connectivity index is 0.957. The van der Waals surface area contributed by atoms with Crippen LogP contribution in [0, 0.1) is 50.2 Å². The summed E-state index contributed by atoms with van der Waals surface area (Å²) in [6.07, 6.45) is -20.0. The molecule has 0 aromatic rings. The highest BCUT2D eigenvalue weighted by Crippen LogP contribution is 2.76. The molecule has 23 nitrogen and oxygen atoms in total. The summed E-state index contributed by atoms with van der Waals surface area (Å²) >= 11 is 0. The van der Waals surface area contributed by atoms with Crippen LogP contribution in [0.1, 0.15) is 113 Å². The second-order valence-electron chi connectivity index (χ2n) is 26.3. The zero-order valence-electron chi connectivity index (χ0n) is 45.5. The van der Waals surface area contributed by atoms with Crippen LogP contribution in [-0.4, -0.2) is 222 Å². The van der Waals surface area contributed by atoms with Crippen molar-refractivity contribution in [2.45, 2.75) is 236 Å². The van der Waals surface area contributed by atoms with Gasteiger partial charge in [-0.2, -0.15) is 0 Å². The van der Waals surface area contributed by atoms with E-state index in [2.05, 4.69) is 59.9 Å². The second kappa shape index (κ2) is 21.6. The number of hydrogen-bond donors (Lipinski definition) is 13. The number of carboxylic acids is 1. The van der Waals surface area contributed by atoms with Crippen molar-refractivity contribution >= 4 is 11.9 Å². The average molecular weight is 1100 g/mol. The Morgan fingerprint density at radius 2 is 1.27 bits per heavy atom. The van der Waals surface area contributed by atoms with Crippen LogP contribution in [0.3, 0.4) is 0 Å². The fourth-order valence-corrected chi connectivity index (χ4v) is 16.5. The zero-order valence-corrected chi connectivity index (χ0v) is 45.5. The van der Waals surface area contributed by atoms with E-state index in [1.165, 1.54) is 6.92 Å². The summed E-state index contributed by atoms with van der Waals surface area (Å²) in [6.45, 7) is 14.9. The van der Waals surface area contributed by atoms with Crippen LogP contribution in [0.2, 0.25) is 0 Å². The number of fused-ring (bicyclic) bond motifs is 7. The molecule has 0 aromatic heterocycles. The Kier molecular flexibility index (Phi) is 16.7. The minimum atomic E-state index is -1.74. The molecule has 8 fully saturated rings. The molecule has 13 N–H and O–H groups in total. The maximum Gasteiger partial charge on any atom is 0.312 e. The summed E-state index contributed by atoms with van der Waals surface area (Å²) < 4.78 is 48.8. The summed E-state index contributed by atoms with van der Waals surface area (Å²) in [5.74, 6) is -1.81. The van der Waals surface area contributed by atoms with Gasteiger partial charge in [-0.15, -0.1) is 0 Å². The van der Waals surface area contributed by atoms with Crippen molar-refractivity contribution in [2.75, 3.05) is 26.4 Å². The van der Waals surface area contributed by atoms with E-state index in [9.17, 15) is 70.9 Å². The van der Waals surface area contributed by atoms with Gasteiger partial charge in [0.15, 0.2) is 25.2 Å². The molecule has 5 aliphatic carbocycles. The molecule has 77 heavy (non-hydrogen) atoms. The summed E-state index contributed by atoms with van der Waals surface area (Å²) in [5.41, 5.74) is -2.37. The van der Waals surface area contributed by atoms with Crippen LogP contribution in [-0.2, 0) is 47.5 Å². The van der Waals surface area contributed by atoms with Gasteiger partial charge < -0.3 is 104 Å². The molecule has 27 unspecified atom stereocenters. The van der Waals surface area contributed by atoms with Crippen LogP contribution in [0.25, 0.3) is 0 Å². The number of aliphatic hydroxyl groups excluding tert-OH is 11. The van der Waals surface area contributed by atoms with Crippen LogP contribution in [0.15, 0.2) is 11.6 Å². The number of nitrogens with one attached hydrogen (secondary N) is 1. The van der Waals surface area contributed by atoms with E-state index in [0.717, 1.165) is 18.4 Å². The Hall–Kier alpha value is -2.08. The topological polar surface area (TPSA) is 363 Å². The van der Waals surface area contributed by atoms with Gasteiger partial charge in [-0.1, -0.05) is 60.1 Å². The van der Waals surface area contributed by atoms with Crippen molar-refractivity contribution in [1.82, 2.24) is 5.32 Å². The first-order valence-electron chi connectivity index (χ1n) is 27.7. The van der Waals surface area contributed by atoms with Crippen molar-refractivity contribution in [3.05, 3.63) is 11.6 Å². The van der Waals surface area contributed by atoms with Gasteiger partial charge in [0.1, 0.15) is 90.8 Å². The SMILES string of the molecule is CC(=O)NC1C(OC2CCC3(C)C(CCC4(C)C3CC=C3C5CC(C)(C)CCC5(C(=O)O)C(OC5OC(CO)C(O)C(O)C5O)CC34C)C2(C)C)OC(COC2OCC(O)C(O)C2OC2OCC(O)C(O)C2O)C(O)C1O. The molecule has 4 aliphatic heterocycles. The lowest BCUT2D eigenvalue weighted by molar-refractivity contribution is -0.352. The third-order valence-corrected chi connectivity index (χ3v) is 21.1. The first-order valence-corrected chi connectivity index (χ1v) is 27.7. The number of carbonyl (C=O) groups excluding carboxylic acids is 1. The van der Waals surface area contributed by atoms with Gasteiger partial charge in [-0.3, -0.25) is 9.59 Å². The molecule has 4 saturated carbocycles. The van der Waals surface area contributed by atoms with Gasteiger partial charge in [0.05, 0.1) is 38.6 Å². The minimum Gasteiger partial charge on any atom is -0.481 e. The van der Waals surface area contributed by atoms with Crippen LogP contribution in [0.5, 0.6) is 0 Å². The van der Waals surface area contributed by atoms with Crippen LogP contribution in [0.4, 0.5) is 0 Å². The third-order valence-electron chi connectivity index (χ3n) is 21.1. The normalized spacial score (nSPS) is 52.4. The number of ether oxygens (including phenoxy) is 8.